The molecule has 5 heterocycles. The van der Waals surface area contributed by atoms with Gasteiger partial charge in [-0.05, 0) is 48.9 Å². The standard InChI is InChI=1S/C45H48FN11O14/c1-3-45(70)23-10-29-40-21(17-57(29)43(68)22(23)18-71-44(45)69)39-25(5-4-20-19(2)24(46)11-26(54-40)38(20)39)52-34(62)16-50-33(61)14-51-41(66)27(12-30(47)58)55-42(67)28(13-31(48)59)53-35(63)15-49-32(60)8-9-56-36(64)6-7-37(56)65/h6-7,10-11,25,27-28,70H,3-5,8-9,12-18H2,1-2H3,(H2,47,58)(H2,48,59)(H,49,60)(H,50,61)(H,51,66)(H,52,62)(H,53,63)(H,55,67)/t25-,27-,28-,45-/m0/s1. The molecule has 2 aromatic heterocycles. The van der Waals surface area contributed by atoms with Crippen molar-refractivity contribution in [3.63, 3.8) is 0 Å². The van der Waals surface area contributed by atoms with Crippen molar-refractivity contribution in [2.45, 2.75) is 89.3 Å². The molecule has 374 valence electrons. The molecule has 0 radical (unpaired) electrons. The molecule has 0 spiro atoms. The Morgan fingerprint density at radius 2 is 1.48 bits per heavy atom. The van der Waals surface area contributed by atoms with Gasteiger partial charge in [-0.25, -0.2) is 14.2 Å². The highest BCUT2D eigenvalue weighted by Crippen LogP contribution is 2.46. The number of benzene rings is 1. The number of halogens is 1. The molecule has 0 saturated heterocycles. The van der Waals surface area contributed by atoms with Gasteiger partial charge in [0.25, 0.3) is 17.4 Å². The summed E-state index contributed by atoms with van der Waals surface area (Å²) >= 11 is 0. The monoisotopic (exact) mass is 985 g/mol. The molecule has 0 saturated carbocycles. The molecule has 25 nitrogen and oxygen atoms in total. The lowest BCUT2D eigenvalue weighted by atomic mass is 9.81. The second kappa shape index (κ2) is 20.3. The number of esters is 1. The number of fused-ring (bicyclic) bond motifs is 5. The van der Waals surface area contributed by atoms with Gasteiger partial charge in [0, 0.05) is 47.7 Å². The number of carbonyl (C=O) groups is 11. The minimum Gasteiger partial charge on any atom is -0.458 e. The van der Waals surface area contributed by atoms with Gasteiger partial charge in [-0.15, -0.1) is 0 Å². The van der Waals surface area contributed by atoms with Crippen LogP contribution in [-0.4, -0.2) is 123 Å². The van der Waals surface area contributed by atoms with Gasteiger partial charge in [0.15, 0.2) is 5.60 Å². The SMILES string of the molecule is CC[C@@]1(O)C(=O)OCc2c1cc1n(c2=O)Cc2c-1nc1cc(F)c(C)c3c1c2[C@@H](NC(=O)CNC(=O)CNC(=O)[C@H](CC(N)=O)NC(=O)[C@H](CC(N)=O)NC(=O)CNC(=O)CCN1C(=O)C=CC1=O)CC3. The van der Waals surface area contributed by atoms with Gasteiger partial charge < -0.3 is 57.8 Å². The van der Waals surface area contributed by atoms with E-state index in [2.05, 4.69) is 31.9 Å². The highest BCUT2D eigenvalue weighted by molar-refractivity contribution is 6.13. The van der Waals surface area contributed by atoms with Crippen LogP contribution in [-0.2, 0) is 82.7 Å². The number of aromatic nitrogens is 2. The number of aliphatic hydroxyl groups is 1. The summed E-state index contributed by atoms with van der Waals surface area (Å²) in [5.41, 5.74) is 11.0. The van der Waals surface area contributed by atoms with Gasteiger partial charge in [-0.1, -0.05) is 6.92 Å². The predicted octanol–water partition coefficient (Wildman–Crippen LogP) is -3.99. The van der Waals surface area contributed by atoms with Gasteiger partial charge in [-0.2, -0.15) is 0 Å². The topological polar surface area (TPSA) is 380 Å². The van der Waals surface area contributed by atoms with Crippen molar-refractivity contribution in [2.24, 2.45) is 11.5 Å². The first-order valence-electron chi connectivity index (χ1n) is 22.2. The largest absolute Gasteiger partial charge is 0.458 e. The van der Waals surface area contributed by atoms with Gasteiger partial charge in [0.05, 0.1) is 67.5 Å². The summed E-state index contributed by atoms with van der Waals surface area (Å²) in [4.78, 5) is 157. The normalized spacial score (nSPS) is 18.1. The van der Waals surface area contributed by atoms with Crippen LogP contribution in [0.3, 0.4) is 0 Å². The van der Waals surface area contributed by atoms with E-state index >= 15 is 4.39 Å². The Morgan fingerprint density at radius 1 is 0.845 bits per heavy atom. The number of pyridine rings is 2. The molecule has 0 fully saturated rings. The summed E-state index contributed by atoms with van der Waals surface area (Å²) in [5, 5.41) is 25.9. The zero-order chi connectivity index (χ0) is 51.6. The molecule has 1 aromatic carbocycles. The molecule has 4 atom stereocenters. The van der Waals surface area contributed by atoms with E-state index in [0.29, 0.717) is 34.1 Å². The van der Waals surface area contributed by atoms with E-state index in [-0.39, 0.29) is 67.0 Å². The van der Waals surface area contributed by atoms with Crippen molar-refractivity contribution < 1.29 is 67.0 Å². The molecule has 4 aliphatic rings. The maximum atomic E-state index is 15.3. The fraction of sp³-hybridized carbons (Fsp3) is 0.400. The number of primary amides is 2. The first-order chi connectivity index (χ1) is 33.6. The van der Waals surface area contributed by atoms with Crippen molar-refractivity contribution >= 4 is 75.9 Å². The summed E-state index contributed by atoms with van der Waals surface area (Å²) in [6.45, 7) is 0.423. The highest BCUT2D eigenvalue weighted by Gasteiger charge is 2.46. The van der Waals surface area contributed by atoms with E-state index in [1.54, 1.807) is 13.8 Å². The van der Waals surface area contributed by atoms with E-state index in [1.807, 2.05) is 0 Å². The van der Waals surface area contributed by atoms with Crippen LogP contribution in [0.25, 0.3) is 22.3 Å². The van der Waals surface area contributed by atoms with Gasteiger partial charge in [0.2, 0.25) is 47.3 Å². The number of imide groups is 1. The maximum absolute atomic E-state index is 15.3. The van der Waals surface area contributed by atoms with E-state index in [4.69, 9.17) is 21.2 Å². The lowest BCUT2D eigenvalue weighted by Gasteiger charge is -2.31. The zero-order valence-electron chi connectivity index (χ0n) is 38.2. The summed E-state index contributed by atoms with van der Waals surface area (Å²) < 4.78 is 21.9. The average Bonchev–Trinajstić information content (AvgIpc) is 3.86. The quantitative estimate of drug-likeness (QED) is 0.0320. The van der Waals surface area contributed by atoms with Crippen LogP contribution in [0.2, 0.25) is 0 Å². The third-order valence-corrected chi connectivity index (χ3v) is 12.6. The first-order valence-corrected chi connectivity index (χ1v) is 22.2. The fourth-order valence-corrected chi connectivity index (χ4v) is 8.95. The number of ether oxygens (including phenoxy) is 1. The summed E-state index contributed by atoms with van der Waals surface area (Å²) in [6.07, 6.45) is 0.601. The second-order valence-electron chi connectivity index (χ2n) is 17.2. The number of cyclic esters (lactones) is 1. The van der Waals surface area contributed by atoms with Gasteiger partial charge >= 0.3 is 5.97 Å². The van der Waals surface area contributed by atoms with Crippen molar-refractivity contribution in [1.82, 2.24) is 46.4 Å². The fourth-order valence-electron chi connectivity index (χ4n) is 8.95. The number of amides is 10. The van der Waals surface area contributed by atoms with Crippen molar-refractivity contribution in [1.29, 1.82) is 0 Å². The number of nitrogens with two attached hydrogens (primary N) is 2. The van der Waals surface area contributed by atoms with E-state index in [1.165, 1.54) is 16.7 Å². The number of nitrogens with zero attached hydrogens (tertiary/aromatic N) is 3. The number of rotatable bonds is 19. The zero-order valence-corrected chi connectivity index (χ0v) is 38.2. The minimum absolute atomic E-state index is 0.0157. The van der Waals surface area contributed by atoms with E-state index < -0.39 is 133 Å². The molecule has 0 bridgehead atoms. The predicted molar refractivity (Wildman–Crippen MR) is 239 cm³/mol. The number of carbonyl (C=O) groups excluding carboxylic acids is 11. The van der Waals surface area contributed by atoms with Crippen molar-refractivity contribution in [2.75, 3.05) is 26.2 Å². The molecule has 26 heteroatoms. The lowest BCUT2D eigenvalue weighted by molar-refractivity contribution is -0.172. The summed E-state index contributed by atoms with van der Waals surface area (Å²) in [5.74, 6) is -10.4. The molecule has 0 unspecified atom stereocenters. The number of hydrogen-bond acceptors (Lipinski definition) is 15. The summed E-state index contributed by atoms with van der Waals surface area (Å²) in [6, 6.07) is -1.45. The Morgan fingerprint density at radius 3 is 2.14 bits per heavy atom. The van der Waals surface area contributed by atoms with Crippen LogP contribution >= 0.6 is 0 Å². The molecule has 3 aliphatic heterocycles. The molecule has 1 aliphatic carbocycles. The molecule has 3 aromatic rings. The van der Waals surface area contributed by atoms with Crippen molar-refractivity contribution in [3.8, 4) is 11.4 Å². The second-order valence-corrected chi connectivity index (χ2v) is 17.2. The van der Waals surface area contributed by atoms with Crippen molar-refractivity contribution in [3.05, 3.63) is 73.8 Å². The third kappa shape index (κ3) is 10.3. The first kappa shape index (κ1) is 50.5. The molecular weight excluding hydrogens is 938 g/mol. The van der Waals surface area contributed by atoms with Crippen LogP contribution in [0.1, 0.15) is 78.5 Å². The minimum atomic E-state index is -2.09. The van der Waals surface area contributed by atoms with Gasteiger partial charge in [-0.3, -0.25) is 57.6 Å². The highest BCUT2D eigenvalue weighted by atomic mass is 19.1. The summed E-state index contributed by atoms with van der Waals surface area (Å²) in [7, 11) is 0. The molecule has 11 N–H and O–H groups in total. The van der Waals surface area contributed by atoms with Crippen LogP contribution in [0.15, 0.2) is 29.1 Å². The Balaban J connectivity index is 0.971. The molecule has 10 amide bonds. The number of nitrogens with one attached hydrogen (secondary N) is 6. The van der Waals surface area contributed by atoms with Gasteiger partial charge in [0.1, 0.15) is 24.5 Å². The van der Waals surface area contributed by atoms with Crippen LogP contribution in [0.5, 0.6) is 0 Å². The van der Waals surface area contributed by atoms with Crippen LogP contribution < -0.4 is 48.9 Å². The maximum Gasteiger partial charge on any atom is 0.343 e. The Bertz CT molecular complexity index is 2950. The Kier molecular flexibility index (Phi) is 14.4. The number of hydrogen-bond donors (Lipinski definition) is 9. The Hall–Kier alpha value is -8.42. The van der Waals surface area contributed by atoms with Crippen LogP contribution in [0, 0.1) is 12.7 Å². The number of aryl methyl sites for hydroxylation is 1. The smallest absolute Gasteiger partial charge is 0.343 e. The van der Waals surface area contributed by atoms with Crippen LogP contribution in [0.4, 0.5) is 4.39 Å². The van der Waals surface area contributed by atoms with E-state index in [0.717, 1.165) is 17.1 Å². The molecule has 71 heavy (non-hydrogen) atoms. The average molecular weight is 986 g/mol. The molecule has 7 rings (SSSR count). The Labute approximate surface area is 400 Å². The third-order valence-electron chi connectivity index (χ3n) is 12.6. The lowest BCUT2D eigenvalue weighted by Crippen LogP contribution is -2.56. The van der Waals surface area contributed by atoms with E-state index in [9.17, 15) is 62.6 Å². The molecular formula is C45H48FN11O14.